The van der Waals surface area contributed by atoms with Gasteiger partial charge in [0.05, 0.1) is 18.0 Å². The Bertz CT molecular complexity index is 413. The number of carbonyl (C=O) groups is 1. The second-order valence-corrected chi connectivity index (χ2v) is 4.62. The summed E-state index contributed by atoms with van der Waals surface area (Å²) in [4.78, 5) is 12.0. The number of aliphatic hydroxyl groups excluding tert-OH is 1. The number of rotatable bonds is 7. The smallest absolute Gasteiger partial charge is 0.271 e. The van der Waals surface area contributed by atoms with Crippen LogP contribution in [0.15, 0.2) is 6.20 Å². The molecule has 0 aliphatic heterocycles. The van der Waals surface area contributed by atoms with E-state index in [2.05, 4.69) is 10.4 Å². The van der Waals surface area contributed by atoms with Crippen LogP contribution >= 0.6 is 0 Å². The molecular weight excluding hydrogens is 244 g/mol. The molecule has 1 aromatic rings. The van der Waals surface area contributed by atoms with Crippen LogP contribution in [-0.2, 0) is 6.54 Å². The third-order valence-electron chi connectivity index (χ3n) is 3.45. The van der Waals surface area contributed by atoms with E-state index in [0.717, 1.165) is 12.8 Å². The number of carbonyl (C=O) groups excluding carboxylic acids is 1. The molecule has 0 saturated heterocycles. The van der Waals surface area contributed by atoms with E-state index in [9.17, 15) is 9.90 Å². The van der Waals surface area contributed by atoms with Crippen molar-refractivity contribution in [2.75, 3.05) is 12.3 Å². The maximum Gasteiger partial charge on any atom is 0.271 e. The molecule has 108 valence electrons. The number of amides is 1. The number of aliphatic hydroxyl groups is 1. The van der Waals surface area contributed by atoms with Crippen molar-refractivity contribution in [3.63, 3.8) is 0 Å². The highest BCUT2D eigenvalue weighted by Gasteiger charge is 2.19. The third kappa shape index (κ3) is 3.70. The van der Waals surface area contributed by atoms with Crippen LogP contribution in [0.25, 0.3) is 0 Å². The van der Waals surface area contributed by atoms with Crippen LogP contribution in [0.1, 0.15) is 44.1 Å². The van der Waals surface area contributed by atoms with Gasteiger partial charge in [-0.15, -0.1) is 0 Å². The fourth-order valence-corrected chi connectivity index (χ4v) is 2.17. The predicted molar refractivity (Wildman–Crippen MR) is 74.7 cm³/mol. The summed E-state index contributed by atoms with van der Waals surface area (Å²) >= 11 is 0. The molecule has 1 amide bonds. The van der Waals surface area contributed by atoms with Gasteiger partial charge in [0.1, 0.15) is 5.69 Å². The number of nitrogens with one attached hydrogen (secondary N) is 1. The number of nitrogens with two attached hydrogens (primary N) is 1. The Balaban J connectivity index is 2.63. The van der Waals surface area contributed by atoms with Crippen molar-refractivity contribution in [2.45, 2.75) is 46.3 Å². The molecule has 1 unspecified atom stereocenters. The standard InChI is InChI=1S/C13H24N4O2/c1-4-9(5-2)11(18)8-15-13(19)12-10(14)7-16-17(12)6-3/h7,9,11,18H,4-6,8,14H2,1-3H3,(H,15,19). The summed E-state index contributed by atoms with van der Waals surface area (Å²) in [6.45, 7) is 6.77. The van der Waals surface area contributed by atoms with E-state index in [-0.39, 0.29) is 18.4 Å². The Hall–Kier alpha value is -1.56. The number of nitrogens with zero attached hydrogens (tertiary/aromatic N) is 2. The molecule has 0 bridgehead atoms. The topological polar surface area (TPSA) is 93.2 Å². The highest BCUT2D eigenvalue weighted by Crippen LogP contribution is 2.13. The lowest BCUT2D eigenvalue weighted by Crippen LogP contribution is -2.37. The van der Waals surface area contributed by atoms with Crippen LogP contribution in [0.5, 0.6) is 0 Å². The molecule has 0 spiro atoms. The summed E-state index contributed by atoms with van der Waals surface area (Å²) in [7, 11) is 0. The summed E-state index contributed by atoms with van der Waals surface area (Å²) in [5, 5.41) is 16.7. The fourth-order valence-electron chi connectivity index (χ4n) is 2.17. The summed E-state index contributed by atoms with van der Waals surface area (Å²) < 4.78 is 1.55. The van der Waals surface area contributed by atoms with E-state index < -0.39 is 6.10 Å². The summed E-state index contributed by atoms with van der Waals surface area (Å²) in [6, 6.07) is 0. The Morgan fingerprint density at radius 1 is 1.47 bits per heavy atom. The van der Waals surface area contributed by atoms with E-state index in [1.165, 1.54) is 6.20 Å². The van der Waals surface area contributed by atoms with Crippen LogP contribution in [0.4, 0.5) is 5.69 Å². The van der Waals surface area contributed by atoms with Gasteiger partial charge in [-0.3, -0.25) is 9.48 Å². The number of aromatic nitrogens is 2. The minimum atomic E-state index is -0.529. The molecule has 0 saturated carbocycles. The zero-order valence-electron chi connectivity index (χ0n) is 11.9. The highest BCUT2D eigenvalue weighted by molar-refractivity contribution is 5.97. The molecule has 4 N–H and O–H groups in total. The van der Waals surface area contributed by atoms with Crippen molar-refractivity contribution < 1.29 is 9.90 Å². The van der Waals surface area contributed by atoms with Gasteiger partial charge in [-0.25, -0.2) is 0 Å². The van der Waals surface area contributed by atoms with Crippen LogP contribution < -0.4 is 11.1 Å². The molecule has 0 aliphatic rings. The Labute approximate surface area is 114 Å². The molecule has 0 aliphatic carbocycles. The van der Waals surface area contributed by atoms with Gasteiger partial charge >= 0.3 is 0 Å². The minimum Gasteiger partial charge on any atom is -0.396 e. The van der Waals surface area contributed by atoms with Crippen molar-refractivity contribution in [1.82, 2.24) is 15.1 Å². The van der Waals surface area contributed by atoms with E-state index in [1.54, 1.807) is 4.68 Å². The van der Waals surface area contributed by atoms with Crippen LogP contribution in [0, 0.1) is 5.92 Å². The van der Waals surface area contributed by atoms with E-state index in [4.69, 9.17) is 5.73 Å². The highest BCUT2D eigenvalue weighted by atomic mass is 16.3. The molecule has 19 heavy (non-hydrogen) atoms. The van der Waals surface area contributed by atoms with E-state index >= 15 is 0 Å². The lowest BCUT2D eigenvalue weighted by atomic mass is 9.96. The lowest BCUT2D eigenvalue weighted by molar-refractivity contribution is 0.0809. The van der Waals surface area contributed by atoms with Crippen LogP contribution in [0.3, 0.4) is 0 Å². The zero-order chi connectivity index (χ0) is 14.4. The van der Waals surface area contributed by atoms with Crippen LogP contribution in [0.2, 0.25) is 0 Å². The Morgan fingerprint density at radius 2 is 2.11 bits per heavy atom. The molecule has 6 heteroatoms. The maximum atomic E-state index is 12.0. The molecule has 0 radical (unpaired) electrons. The normalized spacial score (nSPS) is 12.7. The first kappa shape index (κ1) is 15.5. The molecule has 6 nitrogen and oxygen atoms in total. The summed E-state index contributed by atoms with van der Waals surface area (Å²) in [5.41, 5.74) is 6.45. The van der Waals surface area contributed by atoms with Crippen molar-refractivity contribution in [3.05, 3.63) is 11.9 Å². The molecular formula is C13H24N4O2. The molecule has 1 atom stereocenters. The van der Waals surface area contributed by atoms with Gasteiger partial charge in [0.25, 0.3) is 5.91 Å². The van der Waals surface area contributed by atoms with Crippen molar-refractivity contribution in [2.24, 2.45) is 5.92 Å². The first-order valence-electron chi connectivity index (χ1n) is 6.82. The van der Waals surface area contributed by atoms with Crippen molar-refractivity contribution in [1.29, 1.82) is 0 Å². The number of hydrogen-bond donors (Lipinski definition) is 3. The van der Waals surface area contributed by atoms with Gasteiger partial charge in [-0.05, 0) is 12.8 Å². The number of aryl methyl sites for hydroxylation is 1. The van der Waals surface area contributed by atoms with Gasteiger partial charge in [0, 0.05) is 13.1 Å². The van der Waals surface area contributed by atoms with E-state index in [1.807, 2.05) is 20.8 Å². The molecule has 1 aromatic heterocycles. The summed E-state index contributed by atoms with van der Waals surface area (Å²) in [6.07, 6.45) is 2.72. The Kier molecular flexibility index (Phi) is 5.82. The van der Waals surface area contributed by atoms with Gasteiger partial charge in [-0.1, -0.05) is 26.7 Å². The van der Waals surface area contributed by atoms with Crippen molar-refractivity contribution >= 4 is 11.6 Å². The predicted octanol–water partition coefficient (Wildman–Crippen LogP) is 1.01. The second kappa shape index (κ2) is 7.13. The van der Waals surface area contributed by atoms with Gasteiger partial charge in [0.15, 0.2) is 0 Å². The lowest BCUT2D eigenvalue weighted by Gasteiger charge is -2.20. The number of hydrogen-bond acceptors (Lipinski definition) is 4. The average Bonchev–Trinajstić information content (AvgIpc) is 2.78. The second-order valence-electron chi connectivity index (χ2n) is 4.62. The Morgan fingerprint density at radius 3 is 2.63 bits per heavy atom. The molecule has 0 fully saturated rings. The fraction of sp³-hybridized carbons (Fsp3) is 0.692. The summed E-state index contributed by atoms with van der Waals surface area (Å²) in [5.74, 6) is -0.0874. The first-order chi connectivity index (χ1) is 9.04. The maximum absolute atomic E-state index is 12.0. The number of anilines is 1. The van der Waals surface area contributed by atoms with Crippen molar-refractivity contribution in [3.8, 4) is 0 Å². The zero-order valence-corrected chi connectivity index (χ0v) is 11.9. The largest absolute Gasteiger partial charge is 0.396 e. The molecule has 1 rings (SSSR count). The third-order valence-corrected chi connectivity index (χ3v) is 3.45. The minimum absolute atomic E-state index is 0.203. The SMILES string of the molecule is CCC(CC)C(O)CNC(=O)c1c(N)cnn1CC. The van der Waals surface area contributed by atoms with Gasteiger partial charge in [-0.2, -0.15) is 5.10 Å². The van der Waals surface area contributed by atoms with Crippen LogP contribution in [-0.4, -0.2) is 33.4 Å². The molecule has 0 aromatic carbocycles. The monoisotopic (exact) mass is 268 g/mol. The van der Waals surface area contributed by atoms with Gasteiger partial charge < -0.3 is 16.2 Å². The van der Waals surface area contributed by atoms with Gasteiger partial charge in [0.2, 0.25) is 0 Å². The van der Waals surface area contributed by atoms with E-state index in [0.29, 0.717) is 17.9 Å². The molecule has 1 heterocycles. The number of nitrogen functional groups attached to an aromatic ring is 1. The quantitative estimate of drug-likeness (QED) is 0.688. The average molecular weight is 268 g/mol. The first-order valence-corrected chi connectivity index (χ1v) is 6.82.